The molecule has 0 bridgehead atoms. The number of likely N-dealkylation sites (tertiary alicyclic amines) is 1. The van der Waals surface area contributed by atoms with Crippen LogP contribution in [-0.2, 0) is 23.2 Å². The summed E-state index contributed by atoms with van der Waals surface area (Å²) in [5.41, 5.74) is 9.40. The van der Waals surface area contributed by atoms with Crippen LogP contribution >= 0.6 is 0 Å². The molecule has 5 nitrogen and oxygen atoms in total. The molecule has 1 spiro atoms. The number of nitrogens with two attached hydrogens (primary N) is 1. The van der Waals surface area contributed by atoms with Gasteiger partial charge in [-0.3, -0.25) is 4.79 Å². The zero-order valence-corrected chi connectivity index (χ0v) is 16.4. The summed E-state index contributed by atoms with van der Waals surface area (Å²) in [5.74, 6) is 2.05. The van der Waals surface area contributed by atoms with E-state index in [0.717, 1.165) is 55.0 Å². The van der Waals surface area contributed by atoms with Crippen LogP contribution in [0.4, 0.5) is 0 Å². The molecule has 2 N–H and O–H groups in total. The van der Waals surface area contributed by atoms with Crippen molar-refractivity contribution in [2.75, 3.05) is 26.8 Å². The van der Waals surface area contributed by atoms with Gasteiger partial charge in [0.25, 0.3) is 0 Å². The number of benzene rings is 2. The van der Waals surface area contributed by atoms with Crippen LogP contribution in [0.25, 0.3) is 0 Å². The monoisotopic (exact) mass is 380 g/mol. The summed E-state index contributed by atoms with van der Waals surface area (Å²) in [7, 11) is 1.66. The second-order valence-corrected chi connectivity index (χ2v) is 7.84. The van der Waals surface area contributed by atoms with E-state index in [4.69, 9.17) is 15.2 Å². The number of fused-ring (bicyclic) bond motifs is 2. The highest BCUT2D eigenvalue weighted by Gasteiger charge is 2.43. The van der Waals surface area contributed by atoms with Gasteiger partial charge in [-0.15, -0.1) is 0 Å². The summed E-state index contributed by atoms with van der Waals surface area (Å²) in [6.45, 7) is 2.82. The maximum Gasteiger partial charge on any atom is 0.222 e. The summed E-state index contributed by atoms with van der Waals surface area (Å²) in [6.07, 6.45) is 3.16. The van der Waals surface area contributed by atoms with Crippen molar-refractivity contribution in [2.24, 2.45) is 5.73 Å². The molecule has 1 amide bonds. The molecule has 0 unspecified atom stereocenters. The Bertz CT molecular complexity index is 857. The van der Waals surface area contributed by atoms with Crippen LogP contribution in [-0.4, -0.2) is 37.6 Å². The minimum absolute atomic E-state index is 0.0318. The van der Waals surface area contributed by atoms with E-state index in [9.17, 15) is 4.79 Å². The number of carbonyl (C=O) groups excluding carboxylic acids is 1. The Morgan fingerprint density at radius 3 is 2.75 bits per heavy atom. The Morgan fingerprint density at radius 2 is 2.00 bits per heavy atom. The van der Waals surface area contributed by atoms with Crippen LogP contribution in [0.15, 0.2) is 42.5 Å². The lowest BCUT2D eigenvalue weighted by Gasteiger charge is -2.38. The van der Waals surface area contributed by atoms with Gasteiger partial charge in [-0.25, -0.2) is 0 Å². The van der Waals surface area contributed by atoms with E-state index in [1.807, 2.05) is 41.3 Å². The van der Waals surface area contributed by atoms with Crippen molar-refractivity contribution in [1.29, 1.82) is 0 Å². The third kappa shape index (κ3) is 3.59. The van der Waals surface area contributed by atoms with Crippen LogP contribution < -0.4 is 15.2 Å². The second kappa shape index (κ2) is 7.84. The molecule has 0 saturated carbocycles. The van der Waals surface area contributed by atoms with Gasteiger partial charge in [-0.05, 0) is 48.6 Å². The zero-order chi connectivity index (χ0) is 19.6. The van der Waals surface area contributed by atoms with Crippen molar-refractivity contribution >= 4 is 5.91 Å². The van der Waals surface area contributed by atoms with E-state index in [2.05, 4.69) is 6.07 Å². The second-order valence-electron chi connectivity index (χ2n) is 7.84. The van der Waals surface area contributed by atoms with Crippen LogP contribution in [0.1, 0.15) is 36.0 Å². The molecule has 1 saturated heterocycles. The molecule has 0 radical (unpaired) electrons. The standard InChI is InChI=1S/C23H28N2O3/c1-27-19-4-2-3-17(13-19)6-8-22(26)25-11-9-23(10-12-25)16-28-21-7-5-18(15-24)14-20(21)23/h2-5,7,13-14H,6,8-12,15-16,24H2,1H3. The molecule has 2 aliphatic heterocycles. The van der Waals surface area contributed by atoms with Gasteiger partial charge in [-0.1, -0.05) is 24.3 Å². The first-order chi connectivity index (χ1) is 13.6. The summed E-state index contributed by atoms with van der Waals surface area (Å²) in [4.78, 5) is 14.7. The molecule has 28 heavy (non-hydrogen) atoms. The minimum Gasteiger partial charge on any atom is -0.497 e. The van der Waals surface area contributed by atoms with E-state index >= 15 is 0 Å². The van der Waals surface area contributed by atoms with Gasteiger partial charge >= 0.3 is 0 Å². The molecular formula is C23H28N2O3. The number of aryl methyl sites for hydroxylation is 1. The number of hydrogen-bond donors (Lipinski definition) is 1. The van der Waals surface area contributed by atoms with E-state index in [0.29, 0.717) is 19.6 Å². The summed E-state index contributed by atoms with van der Waals surface area (Å²) < 4.78 is 11.2. The quantitative estimate of drug-likeness (QED) is 0.866. The number of amides is 1. The number of methoxy groups -OCH3 is 1. The molecule has 2 aromatic carbocycles. The van der Waals surface area contributed by atoms with Gasteiger partial charge in [0.05, 0.1) is 13.7 Å². The number of carbonyl (C=O) groups is 1. The summed E-state index contributed by atoms with van der Waals surface area (Å²) in [6, 6.07) is 14.2. The van der Waals surface area contributed by atoms with Gasteiger partial charge in [-0.2, -0.15) is 0 Å². The first-order valence-corrected chi connectivity index (χ1v) is 10.0. The molecule has 2 heterocycles. The van der Waals surface area contributed by atoms with Crippen molar-refractivity contribution in [3.05, 3.63) is 59.2 Å². The Hall–Kier alpha value is -2.53. The highest BCUT2D eigenvalue weighted by Crippen LogP contribution is 2.45. The molecule has 148 valence electrons. The lowest BCUT2D eigenvalue weighted by atomic mass is 9.74. The third-order valence-corrected chi connectivity index (χ3v) is 6.19. The smallest absolute Gasteiger partial charge is 0.222 e. The van der Waals surface area contributed by atoms with Gasteiger partial charge in [0.2, 0.25) is 5.91 Å². The number of piperidine rings is 1. The molecule has 0 aliphatic carbocycles. The van der Waals surface area contributed by atoms with Gasteiger partial charge < -0.3 is 20.1 Å². The summed E-state index contributed by atoms with van der Waals surface area (Å²) in [5, 5.41) is 0. The van der Waals surface area contributed by atoms with Crippen LogP contribution in [0.5, 0.6) is 11.5 Å². The lowest BCUT2D eigenvalue weighted by molar-refractivity contribution is -0.132. The fourth-order valence-electron chi connectivity index (χ4n) is 4.37. The number of ether oxygens (including phenoxy) is 2. The van der Waals surface area contributed by atoms with Gasteiger partial charge in [0, 0.05) is 37.0 Å². The van der Waals surface area contributed by atoms with E-state index in [1.54, 1.807) is 7.11 Å². The molecule has 5 heteroatoms. The number of hydrogen-bond acceptors (Lipinski definition) is 4. The lowest BCUT2D eigenvalue weighted by Crippen LogP contribution is -2.46. The number of nitrogens with zero attached hydrogens (tertiary/aromatic N) is 1. The predicted octanol–water partition coefficient (Wildman–Crippen LogP) is 3.04. The maximum atomic E-state index is 12.7. The van der Waals surface area contributed by atoms with Gasteiger partial charge in [0.15, 0.2) is 0 Å². The van der Waals surface area contributed by atoms with Crippen molar-refractivity contribution in [3.63, 3.8) is 0 Å². The first-order valence-electron chi connectivity index (χ1n) is 10.0. The van der Waals surface area contributed by atoms with Crippen LogP contribution in [0, 0.1) is 0 Å². The van der Waals surface area contributed by atoms with E-state index in [1.165, 1.54) is 5.56 Å². The normalized spacial score (nSPS) is 17.3. The number of rotatable bonds is 5. The Kier molecular flexibility index (Phi) is 5.27. The zero-order valence-electron chi connectivity index (χ0n) is 16.4. The predicted molar refractivity (Wildman–Crippen MR) is 109 cm³/mol. The Balaban J connectivity index is 1.36. The average molecular weight is 380 g/mol. The molecule has 0 aromatic heterocycles. The van der Waals surface area contributed by atoms with E-state index in [-0.39, 0.29) is 11.3 Å². The van der Waals surface area contributed by atoms with E-state index < -0.39 is 0 Å². The highest BCUT2D eigenvalue weighted by atomic mass is 16.5. The van der Waals surface area contributed by atoms with Crippen molar-refractivity contribution in [3.8, 4) is 11.5 Å². The highest BCUT2D eigenvalue weighted by molar-refractivity contribution is 5.76. The van der Waals surface area contributed by atoms with Crippen molar-refractivity contribution < 1.29 is 14.3 Å². The molecule has 2 aromatic rings. The molecule has 1 fully saturated rings. The minimum atomic E-state index is 0.0318. The summed E-state index contributed by atoms with van der Waals surface area (Å²) >= 11 is 0. The van der Waals surface area contributed by atoms with Crippen molar-refractivity contribution in [2.45, 2.75) is 37.6 Å². The maximum absolute atomic E-state index is 12.7. The molecule has 2 aliphatic rings. The molecular weight excluding hydrogens is 352 g/mol. The van der Waals surface area contributed by atoms with Gasteiger partial charge in [0.1, 0.15) is 11.5 Å². The van der Waals surface area contributed by atoms with Crippen LogP contribution in [0.3, 0.4) is 0 Å². The van der Waals surface area contributed by atoms with Crippen LogP contribution in [0.2, 0.25) is 0 Å². The SMILES string of the molecule is COc1cccc(CCC(=O)N2CCC3(CC2)COc2ccc(CN)cc23)c1. The average Bonchev–Trinajstić information content (AvgIpc) is 3.10. The first kappa shape index (κ1) is 18.8. The molecule has 4 rings (SSSR count). The topological polar surface area (TPSA) is 64.8 Å². The van der Waals surface area contributed by atoms with Crippen molar-refractivity contribution in [1.82, 2.24) is 4.90 Å². The fourth-order valence-corrected chi connectivity index (χ4v) is 4.37. The largest absolute Gasteiger partial charge is 0.497 e. The third-order valence-electron chi connectivity index (χ3n) is 6.19. The fraction of sp³-hybridized carbons (Fsp3) is 0.435. The Morgan fingerprint density at radius 1 is 1.18 bits per heavy atom. The Labute approximate surface area is 166 Å². The molecule has 0 atom stereocenters.